The molecule has 2 aromatic rings. The number of halogens is 1. The third-order valence-corrected chi connectivity index (χ3v) is 2.81. The molecule has 2 N–H and O–H groups in total. The zero-order valence-corrected chi connectivity index (χ0v) is 10.7. The molecule has 0 saturated carbocycles. The van der Waals surface area contributed by atoms with Crippen LogP contribution in [0, 0.1) is 5.82 Å². The molecule has 2 aromatic carbocycles. The minimum absolute atomic E-state index is 0.184. The third kappa shape index (κ3) is 3.03. The van der Waals surface area contributed by atoms with Gasteiger partial charge in [0.1, 0.15) is 11.9 Å². The summed E-state index contributed by atoms with van der Waals surface area (Å²) in [6, 6.07) is 13.7. The highest BCUT2D eigenvalue weighted by atomic mass is 19.1. The summed E-state index contributed by atoms with van der Waals surface area (Å²) in [6.45, 7) is 0.231. The van der Waals surface area contributed by atoms with Gasteiger partial charge in [0.15, 0.2) is 11.6 Å². The van der Waals surface area contributed by atoms with Crippen molar-refractivity contribution in [3.63, 3.8) is 0 Å². The maximum Gasteiger partial charge on any atom is 0.165 e. The molecule has 0 fully saturated rings. The molecule has 0 radical (unpaired) electrons. The van der Waals surface area contributed by atoms with Crippen molar-refractivity contribution in [2.24, 2.45) is 5.73 Å². The summed E-state index contributed by atoms with van der Waals surface area (Å²) in [5.41, 5.74) is 6.52. The molecule has 2 rings (SSSR count). The lowest BCUT2D eigenvalue weighted by molar-refractivity contribution is 0.199. The lowest BCUT2D eigenvalue weighted by Gasteiger charge is -2.20. The van der Waals surface area contributed by atoms with Crippen LogP contribution in [0.25, 0.3) is 0 Å². The molecule has 100 valence electrons. The van der Waals surface area contributed by atoms with Gasteiger partial charge in [-0.05, 0) is 18.2 Å². The SMILES string of the molecule is COc1ccccc1C(CN)Oc1ccccc1F. The monoisotopic (exact) mass is 261 g/mol. The molecule has 0 bridgehead atoms. The second-order valence-corrected chi connectivity index (χ2v) is 4.01. The van der Waals surface area contributed by atoms with E-state index in [-0.39, 0.29) is 12.3 Å². The Labute approximate surface area is 111 Å². The molecule has 1 unspecified atom stereocenters. The summed E-state index contributed by atoms with van der Waals surface area (Å²) < 4.78 is 24.5. The number of methoxy groups -OCH3 is 1. The van der Waals surface area contributed by atoms with E-state index in [0.717, 1.165) is 5.56 Å². The van der Waals surface area contributed by atoms with Crippen LogP contribution in [0.4, 0.5) is 4.39 Å². The maximum absolute atomic E-state index is 13.6. The highest BCUT2D eigenvalue weighted by molar-refractivity contribution is 5.36. The molecule has 19 heavy (non-hydrogen) atoms. The van der Waals surface area contributed by atoms with Gasteiger partial charge in [0.05, 0.1) is 7.11 Å². The normalized spacial score (nSPS) is 11.9. The maximum atomic E-state index is 13.6. The average Bonchev–Trinajstić information content (AvgIpc) is 2.46. The summed E-state index contributed by atoms with van der Waals surface area (Å²) >= 11 is 0. The Hall–Kier alpha value is -2.07. The van der Waals surface area contributed by atoms with Gasteiger partial charge in [-0.25, -0.2) is 4.39 Å². The third-order valence-electron chi connectivity index (χ3n) is 2.81. The molecule has 0 amide bonds. The van der Waals surface area contributed by atoms with E-state index in [1.165, 1.54) is 6.07 Å². The van der Waals surface area contributed by atoms with Crippen LogP contribution < -0.4 is 15.2 Å². The Morgan fingerprint density at radius 1 is 1.05 bits per heavy atom. The topological polar surface area (TPSA) is 44.5 Å². The predicted octanol–water partition coefficient (Wildman–Crippen LogP) is 2.91. The number of benzene rings is 2. The summed E-state index contributed by atoms with van der Waals surface area (Å²) in [6.07, 6.45) is -0.451. The first kappa shape index (κ1) is 13.4. The Morgan fingerprint density at radius 3 is 2.32 bits per heavy atom. The van der Waals surface area contributed by atoms with Crippen molar-refractivity contribution in [2.45, 2.75) is 6.10 Å². The van der Waals surface area contributed by atoms with Gasteiger partial charge in [0.2, 0.25) is 0 Å². The van der Waals surface area contributed by atoms with E-state index in [1.807, 2.05) is 24.3 Å². The Kier molecular flexibility index (Phi) is 4.36. The van der Waals surface area contributed by atoms with Gasteiger partial charge >= 0.3 is 0 Å². The van der Waals surface area contributed by atoms with Crippen molar-refractivity contribution in [3.8, 4) is 11.5 Å². The number of ether oxygens (including phenoxy) is 2. The fraction of sp³-hybridized carbons (Fsp3) is 0.200. The molecule has 0 aliphatic carbocycles. The minimum atomic E-state index is -0.451. The van der Waals surface area contributed by atoms with Crippen LogP contribution >= 0.6 is 0 Å². The van der Waals surface area contributed by atoms with E-state index in [9.17, 15) is 4.39 Å². The first-order valence-electron chi connectivity index (χ1n) is 6.00. The van der Waals surface area contributed by atoms with Gasteiger partial charge in [-0.1, -0.05) is 30.3 Å². The molecular weight excluding hydrogens is 245 g/mol. The highest BCUT2D eigenvalue weighted by Crippen LogP contribution is 2.29. The van der Waals surface area contributed by atoms with Gasteiger partial charge in [-0.15, -0.1) is 0 Å². The summed E-state index contributed by atoms with van der Waals surface area (Å²) in [4.78, 5) is 0. The zero-order chi connectivity index (χ0) is 13.7. The van der Waals surface area contributed by atoms with E-state index >= 15 is 0 Å². The lowest BCUT2D eigenvalue weighted by atomic mass is 10.1. The highest BCUT2D eigenvalue weighted by Gasteiger charge is 2.17. The van der Waals surface area contributed by atoms with Gasteiger partial charge in [0.25, 0.3) is 0 Å². The first-order chi connectivity index (χ1) is 9.26. The van der Waals surface area contributed by atoms with Crippen molar-refractivity contribution in [2.75, 3.05) is 13.7 Å². The first-order valence-corrected chi connectivity index (χ1v) is 6.00. The largest absolute Gasteiger partial charge is 0.496 e. The Morgan fingerprint density at radius 2 is 1.68 bits per heavy atom. The molecule has 0 aromatic heterocycles. The predicted molar refractivity (Wildman–Crippen MR) is 71.8 cm³/mol. The molecule has 0 saturated heterocycles. The number of hydrogen-bond donors (Lipinski definition) is 1. The van der Waals surface area contributed by atoms with Crippen molar-refractivity contribution in [1.29, 1.82) is 0 Å². The van der Waals surface area contributed by atoms with E-state index in [2.05, 4.69) is 0 Å². The molecule has 0 aliphatic heterocycles. The van der Waals surface area contributed by atoms with Crippen LogP contribution in [-0.2, 0) is 0 Å². The molecule has 0 heterocycles. The fourth-order valence-corrected chi connectivity index (χ4v) is 1.86. The number of rotatable bonds is 5. The molecule has 3 nitrogen and oxygen atoms in total. The Bertz CT molecular complexity index is 545. The van der Waals surface area contributed by atoms with Crippen LogP contribution in [-0.4, -0.2) is 13.7 Å². The van der Waals surface area contributed by atoms with Crippen molar-refractivity contribution < 1.29 is 13.9 Å². The number of para-hydroxylation sites is 2. The van der Waals surface area contributed by atoms with Gasteiger partial charge < -0.3 is 15.2 Å². The van der Waals surface area contributed by atoms with Crippen LogP contribution in [0.2, 0.25) is 0 Å². The van der Waals surface area contributed by atoms with Crippen LogP contribution in [0.1, 0.15) is 11.7 Å². The molecule has 0 aliphatic rings. The smallest absolute Gasteiger partial charge is 0.165 e. The molecule has 0 spiro atoms. The summed E-state index contributed by atoms with van der Waals surface area (Å²) in [5, 5.41) is 0. The summed E-state index contributed by atoms with van der Waals surface area (Å²) in [7, 11) is 1.58. The molecule has 4 heteroatoms. The van der Waals surface area contributed by atoms with Crippen molar-refractivity contribution in [3.05, 3.63) is 59.9 Å². The minimum Gasteiger partial charge on any atom is -0.496 e. The van der Waals surface area contributed by atoms with E-state index in [0.29, 0.717) is 5.75 Å². The van der Waals surface area contributed by atoms with Crippen molar-refractivity contribution >= 4 is 0 Å². The van der Waals surface area contributed by atoms with Gasteiger partial charge in [-0.3, -0.25) is 0 Å². The number of hydrogen-bond acceptors (Lipinski definition) is 3. The molecular formula is C15H16FNO2. The van der Waals surface area contributed by atoms with Crippen molar-refractivity contribution in [1.82, 2.24) is 0 Å². The van der Waals surface area contributed by atoms with E-state index in [1.54, 1.807) is 25.3 Å². The molecule has 1 atom stereocenters. The van der Waals surface area contributed by atoms with E-state index in [4.69, 9.17) is 15.2 Å². The van der Waals surface area contributed by atoms with Crippen LogP contribution in [0.15, 0.2) is 48.5 Å². The second kappa shape index (κ2) is 6.20. The lowest BCUT2D eigenvalue weighted by Crippen LogP contribution is -2.19. The van der Waals surface area contributed by atoms with Crippen LogP contribution in [0.5, 0.6) is 11.5 Å². The van der Waals surface area contributed by atoms with Crippen LogP contribution in [0.3, 0.4) is 0 Å². The fourth-order valence-electron chi connectivity index (χ4n) is 1.86. The quantitative estimate of drug-likeness (QED) is 0.900. The standard InChI is InChI=1S/C15H16FNO2/c1-18-13-8-4-2-6-11(13)15(10-17)19-14-9-5-3-7-12(14)16/h2-9,15H,10,17H2,1H3. The Balaban J connectivity index is 2.28. The summed E-state index contributed by atoms with van der Waals surface area (Å²) in [5.74, 6) is 0.453. The number of nitrogens with two attached hydrogens (primary N) is 1. The van der Waals surface area contributed by atoms with E-state index < -0.39 is 11.9 Å². The van der Waals surface area contributed by atoms with Gasteiger partial charge in [0, 0.05) is 12.1 Å². The average molecular weight is 261 g/mol. The van der Waals surface area contributed by atoms with Gasteiger partial charge in [-0.2, -0.15) is 0 Å². The second-order valence-electron chi connectivity index (χ2n) is 4.01. The zero-order valence-electron chi connectivity index (χ0n) is 10.7.